The molecule has 1 fully saturated rings. The number of benzene rings is 1. The second-order valence-corrected chi connectivity index (χ2v) is 5.90. The molecule has 0 unspecified atom stereocenters. The quantitative estimate of drug-likeness (QED) is 0.940. The predicted molar refractivity (Wildman–Crippen MR) is 82.7 cm³/mol. The Kier molecular flexibility index (Phi) is 4.30. The Bertz CT molecular complexity index is 656. The molecule has 0 saturated carbocycles. The highest BCUT2D eigenvalue weighted by Gasteiger charge is 2.33. The zero-order chi connectivity index (χ0) is 16.4. The molecule has 0 atom stereocenters. The summed E-state index contributed by atoms with van der Waals surface area (Å²) in [5.74, 6) is -2.45. The molecule has 1 aliphatic heterocycles. The van der Waals surface area contributed by atoms with Gasteiger partial charge in [0, 0.05) is 44.2 Å². The maximum atomic E-state index is 13.1. The molecule has 0 aliphatic carbocycles. The average Bonchev–Trinajstić information content (AvgIpc) is 2.88. The number of alkyl halides is 2. The monoisotopic (exact) mass is 324 g/mol. The zero-order valence-electron chi connectivity index (χ0n) is 12.7. The number of rotatable bonds is 4. The molecule has 1 aliphatic rings. The van der Waals surface area contributed by atoms with E-state index in [0.717, 1.165) is 11.1 Å². The molecule has 4 nitrogen and oxygen atoms in total. The zero-order valence-corrected chi connectivity index (χ0v) is 12.7. The summed E-state index contributed by atoms with van der Waals surface area (Å²) >= 11 is 0. The fourth-order valence-electron chi connectivity index (χ4n) is 2.75. The first-order valence-corrected chi connectivity index (χ1v) is 7.62. The second-order valence-electron chi connectivity index (χ2n) is 5.90. The summed E-state index contributed by atoms with van der Waals surface area (Å²) in [4.78, 5) is 2.01. The van der Waals surface area contributed by atoms with Crippen LogP contribution < -0.4 is 5.73 Å². The van der Waals surface area contributed by atoms with Crippen molar-refractivity contribution in [2.75, 3.05) is 25.4 Å². The first-order valence-electron chi connectivity index (χ1n) is 7.62. The number of anilines is 1. The first kappa shape index (κ1) is 15.9. The van der Waals surface area contributed by atoms with Gasteiger partial charge in [0.1, 0.15) is 5.82 Å². The summed E-state index contributed by atoms with van der Waals surface area (Å²) in [5.41, 5.74) is 7.46. The van der Waals surface area contributed by atoms with E-state index in [9.17, 15) is 13.2 Å². The minimum atomic E-state index is -2.53. The number of aromatic nitrogens is 2. The van der Waals surface area contributed by atoms with Gasteiger partial charge in [-0.25, -0.2) is 13.2 Å². The van der Waals surface area contributed by atoms with Crippen molar-refractivity contribution in [3.8, 4) is 11.1 Å². The lowest BCUT2D eigenvalue weighted by atomic mass is 10.1. The van der Waals surface area contributed by atoms with Crippen LogP contribution in [-0.4, -0.2) is 40.2 Å². The van der Waals surface area contributed by atoms with Gasteiger partial charge in [0.25, 0.3) is 5.92 Å². The SMILES string of the molecule is Nc1nn(CCN2CCC(F)(F)CC2)cc1-c1ccc(F)cc1. The number of likely N-dealkylation sites (tertiary alicyclic amines) is 1. The van der Waals surface area contributed by atoms with E-state index in [1.807, 2.05) is 4.90 Å². The molecule has 0 radical (unpaired) electrons. The van der Waals surface area contributed by atoms with E-state index < -0.39 is 5.92 Å². The molecule has 2 aromatic rings. The summed E-state index contributed by atoms with van der Waals surface area (Å²) in [5, 5.41) is 4.25. The lowest BCUT2D eigenvalue weighted by Crippen LogP contribution is -2.40. The van der Waals surface area contributed by atoms with Crippen molar-refractivity contribution in [2.24, 2.45) is 0 Å². The Hall–Kier alpha value is -2.02. The molecular weight excluding hydrogens is 305 g/mol. The van der Waals surface area contributed by atoms with Crippen LogP contribution in [0.15, 0.2) is 30.5 Å². The fraction of sp³-hybridized carbons (Fsp3) is 0.438. The standard InChI is InChI=1S/C16H19F3N4/c17-13-3-1-12(2-4-13)14-11-23(21-15(14)20)10-9-22-7-5-16(18,19)6-8-22/h1-4,11H,5-10H2,(H2,20,21). The minimum absolute atomic E-state index is 0.0882. The van der Waals surface area contributed by atoms with Crippen molar-refractivity contribution in [1.29, 1.82) is 0 Å². The predicted octanol–water partition coefficient (Wildman–Crippen LogP) is 3.00. The van der Waals surface area contributed by atoms with Gasteiger partial charge >= 0.3 is 0 Å². The lowest BCUT2D eigenvalue weighted by Gasteiger charge is -2.31. The smallest absolute Gasteiger partial charge is 0.250 e. The Morgan fingerprint density at radius 2 is 1.74 bits per heavy atom. The van der Waals surface area contributed by atoms with Gasteiger partial charge in [0.2, 0.25) is 0 Å². The third kappa shape index (κ3) is 3.85. The van der Waals surface area contributed by atoms with Gasteiger partial charge in [-0.05, 0) is 17.7 Å². The highest BCUT2D eigenvalue weighted by molar-refractivity contribution is 5.72. The number of halogens is 3. The Morgan fingerprint density at radius 1 is 1.09 bits per heavy atom. The van der Waals surface area contributed by atoms with Crippen LogP contribution in [0.4, 0.5) is 19.0 Å². The number of hydrogen-bond acceptors (Lipinski definition) is 3. The number of nitrogen functional groups attached to an aromatic ring is 1. The molecular formula is C16H19F3N4. The maximum absolute atomic E-state index is 13.1. The number of nitrogens with two attached hydrogens (primary N) is 1. The van der Waals surface area contributed by atoms with E-state index in [0.29, 0.717) is 32.0 Å². The second kappa shape index (κ2) is 6.23. The summed E-state index contributed by atoms with van der Waals surface area (Å²) < 4.78 is 40.9. The van der Waals surface area contributed by atoms with Gasteiger partial charge in [0.05, 0.1) is 6.54 Å². The molecule has 0 bridgehead atoms. The Balaban J connectivity index is 1.62. The van der Waals surface area contributed by atoms with Gasteiger partial charge in [-0.2, -0.15) is 5.10 Å². The van der Waals surface area contributed by atoms with Crippen LogP contribution in [0.5, 0.6) is 0 Å². The van der Waals surface area contributed by atoms with Gasteiger partial charge in [0.15, 0.2) is 5.82 Å². The molecule has 7 heteroatoms. The van der Waals surface area contributed by atoms with E-state index in [2.05, 4.69) is 5.10 Å². The first-order chi connectivity index (χ1) is 10.9. The van der Waals surface area contributed by atoms with E-state index >= 15 is 0 Å². The van der Waals surface area contributed by atoms with Crippen LogP contribution in [0, 0.1) is 5.82 Å². The summed E-state index contributed by atoms with van der Waals surface area (Å²) in [6.07, 6.45) is 1.63. The van der Waals surface area contributed by atoms with Crippen molar-refractivity contribution in [1.82, 2.24) is 14.7 Å². The molecule has 0 spiro atoms. The molecule has 124 valence electrons. The summed E-state index contributed by atoms with van der Waals surface area (Å²) in [7, 11) is 0. The van der Waals surface area contributed by atoms with Crippen LogP contribution in [0.2, 0.25) is 0 Å². The van der Waals surface area contributed by atoms with E-state index in [-0.39, 0.29) is 18.7 Å². The van der Waals surface area contributed by atoms with Crippen molar-refractivity contribution in [3.05, 3.63) is 36.3 Å². The third-order valence-electron chi connectivity index (χ3n) is 4.18. The number of piperidine rings is 1. The van der Waals surface area contributed by atoms with Crippen LogP contribution >= 0.6 is 0 Å². The number of hydrogen-bond donors (Lipinski definition) is 1. The molecule has 2 N–H and O–H groups in total. The normalized spacial score (nSPS) is 18.2. The van der Waals surface area contributed by atoms with Crippen LogP contribution in [0.25, 0.3) is 11.1 Å². The molecule has 23 heavy (non-hydrogen) atoms. The molecule has 2 heterocycles. The van der Waals surface area contributed by atoms with Crippen molar-refractivity contribution in [2.45, 2.75) is 25.3 Å². The largest absolute Gasteiger partial charge is 0.382 e. The molecule has 3 rings (SSSR count). The summed E-state index contributed by atoms with van der Waals surface area (Å²) in [6, 6.07) is 6.06. The van der Waals surface area contributed by atoms with Crippen LogP contribution in [0.1, 0.15) is 12.8 Å². The van der Waals surface area contributed by atoms with Crippen molar-refractivity contribution >= 4 is 5.82 Å². The minimum Gasteiger partial charge on any atom is -0.382 e. The topological polar surface area (TPSA) is 47.1 Å². The van der Waals surface area contributed by atoms with Gasteiger partial charge < -0.3 is 10.6 Å². The van der Waals surface area contributed by atoms with E-state index in [1.54, 1.807) is 23.0 Å². The Morgan fingerprint density at radius 3 is 2.39 bits per heavy atom. The summed E-state index contributed by atoms with van der Waals surface area (Å²) in [6.45, 7) is 2.03. The molecule has 1 aromatic carbocycles. The lowest BCUT2D eigenvalue weighted by molar-refractivity contribution is -0.0555. The molecule has 0 amide bonds. The van der Waals surface area contributed by atoms with Crippen molar-refractivity contribution < 1.29 is 13.2 Å². The van der Waals surface area contributed by atoms with Gasteiger partial charge in [-0.15, -0.1) is 0 Å². The van der Waals surface area contributed by atoms with Crippen LogP contribution in [0.3, 0.4) is 0 Å². The maximum Gasteiger partial charge on any atom is 0.250 e. The van der Waals surface area contributed by atoms with Gasteiger partial charge in [-0.3, -0.25) is 4.68 Å². The molecule has 1 aromatic heterocycles. The third-order valence-corrected chi connectivity index (χ3v) is 4.18. The highest BCUT2D eigenvalue weighted by Crippen LogP contribution is 2.28. The fourth-order valence-corrected chi connectivity index (χ4v) is 2.75. The van der Waals surface area contributed by atoms with Crippen molar-refractivity contribution in [3.63, 3.8) is 0 Å². The van der Waals surface area contributed by atoms with Gasteiger partial charge in [-0.1, -0.05) is 12.1 Å². The van der Waals surface area contributed by atoms with E-state index in [1.165, 1.54) is 12.1 Å². The molecule has 1 saturated heterocycles. The van der Waals surface area contributed by atoms with Crippen LogP contribution in [-0.2, 0) is 6.54 Å². The van der Waals surface area contributed by atoms with E-state index in [4.69, 9.17) is 5.73 Å². The number of nitrogens with zero attached hydrogens (tertiary/aromatic N) is 3. The Labute approximate surface area is 132 Å². The average molecular weight is 324 g/mol. The highest BCUT2D eigenvalue weighted by atomic mass is 19.3.